The lowest BCUT2D eigenvalue weighted by atomic mass is 10.1. The summed E-state index contributed by atoms with van der Waals surface area (Å²) in [5, 5.41) is 0.848. The molecular formula is C32H46ClN3O2. The highest BCUT2D eigenvalue weighted by Gasteiger charge is 2.19. The van der Waals surface area contributed by atoms with Gasteiger partial charge in [0.15, 0.2) is 6.73 Å². The summed E-state index contributed by atoms with van der Waals surface area (Å²) in [6.07, 6.45) is 6.01. The Hall–Kier alpha value is -2.63. The van der Waals surface area contributed by atoms with Gasteiger partial charge in [-0.15, -0.1) is 6.58 Å². The summed E-state index contributed by atoms with van der Waals surface area (Å²) in [7, 11) is 2.05. The molecule has 0 radical (unpaired) electrons. The number of rotatable bonds is 15. The van der Waals surface area contributed by atoms with E-state index in [1.165, 1.54) is 16.8 Å². The largest absolute Gasteiger partial charge is 0.494 e. The molecule has 38 heavy (non-hydrogen) atoms. The summed E-state index contributed by atoms with van der Waals surface area (Å²) in [5.74, 6) is 2.01. The van der Waals surface area contributed by atoms with Gasteiger partial charge in [-0.05, 0) is 68.5 Å². The van der Waals surface area contributed by atoms with Gasteiger partial charge < -0.3 is 19.3 Å². The number of piperazine rings is 1. The first-order chi connectivity index (χ1) is 18.3. The van der Waals surface area contributed by atoms with Crippen molar-refractivity contribution in [2.24, 2.45) is 5.92 Å². The van der Waals surface area contributed by atoms with Crippen LogP contribution < -0.4 is 14.5 Å². The van der Waals surface area contributed by atoms with Crippen molar-refractivity contribution in [1.82, 2.24) is 4.90 Å². The first kappa shape index (κ1) is 29.9. The highest BCUT2D eigenvalue weighted by atomic mass is 35.5. The Morgan fingerprint density at radius 2 is 1.89 bits per heavy atom. The van der Waals surface area contributed by atoms with Crippen LogP contribution in [0, 0.1) is 12.8 Å². The van der Waals surface area contributed by atoms with E-state index in [0.717, 1.165) is 87.2 Å². The van der Waals surface area contributed by atoms with Gasteiger partial charge in [0.2, 0.25) is 0 Å². The average molecular weight is 540 g/mol. The van der Waals surface area contributed by atoms with E-state index in [0.29, 0.717) is 12.6 Å². The lowest BCUT2D eigenvalue weighted by Crippen LogP contribution is -2.46. The zero-order valence-corrected chi connectivity index (χ0v) is 24.6. The van der Waals surface area contributed by atoms with Crippen molar-refractivity contribution in [3.63, 3.8) is 0 Å². The molecule has 0 aliphatic carbocycles. The Bertz CT molecular complexity index is 1050. The number of allylic oxidation sites excluding steroid dienone is 2. The van der Waals surface area contributed by atoms with Gasteiger partial charge in [0.25, 0.3) is 0 Å². The van der Waals surface area contributed by atoms with Crippen LogP contribution >= 0.6 is 11.6 Å². The maximum Gasteiger partial charge on any atom is 0.160 e. The zero-order chi connectivity index (χ0) is 27.5. The highest BCUT2D eigenvalue weighted by molar-refractivity contribution is 6.31. The van der Waals surface area contributed by atoms with Crippen LogP contribution in [0.5, 0.6) is 5.75 Å². The Morgan fingerprint density at radius 3 is 2.61 bits per heavy atom. The van der Waals surface area contributed by atoms with Gasteiger partial charge in [0, 0.05) is 61.6 Å². The molecule has 3 rings (SSSR count). The lowest BCUT2D eigenvalue weighted by Gasteiger charge is -2.37. The van der Waals surface area contributed by atoms with Crippen molar-refractivity contribution in [3.05, 3.63) is 77.5 Å². The number of benzene rings is 2. The number of anilines is 2. The third-order valence-corrected chi connectivity index (χ3v) is 7.67. The van der Waals surface area contributed by atoms with Crippen molar-refractivity contribution in [1.29, 1.82) is 0 Å². The minimum Gasteiger partial charge on any atom is -0.494 e. The molecule has 0 spiro atoms. The molecule has 5 nitrogen and oxygen atoms in total. The third-order valence-electron chi connectivity index (χ3n) is 7.26. The molecule has 1 heterocycles. The number of aryl methyl sites for hydroxylation is 1. The molecule has 208 valence electrons. The fourth-order valence-electron chi connectivity index (χ4n) is 4.65. The molecule has 0 atom stereocenters. The van der Waals surface area contributed by atoms with Crippen molar-refractivity contribution < 1.29 is 9.47 Å². The van der Waals surface area contributed by atoms with Crippen LogP contribution in [0.1, 0.15) is 44.2 Å². The van der Waals surface area contributed by atoms with Crippen LogP contribution in [0.15, 0.2) is 61.4 Å². The molecule has 1 fully saturated rings. The molecule has 0 unspecified atom stereocenters. The normalized spacial score (nSPS) is 14.0. The van der Waals surface area contributed by atoms with E-state index in [2.05, 4.69) is 79.9 Å². The molecule has 1 aliphatic rings. The second-order valence-corrected chi connectivity index (χ2v) is 10.9. The number of hydrogen-bond donors (Lipinski definition) is 0. The quantitative estimate of drug-likeness (QED) is 0.102. The monoisotopic (exact) mass is 539 g/mol. The maximum absolute atomic E-state index is 6.33. The van der Waals surface area contributed by atoms with Gasteiger partial charge in [-0.3, -0.25) is 4.90 Å². The van der Waals surface area contributed by atoms with Crippen LogP contribution in [0.3, 0.4) is 0 Å². The van der Waals surface area contributed by atoms with Crippen LogP contribution in [-0.4, -0.2) is 58.0 Å². The third kappa shape index (κ3) is 8.71. The van der Waals surface area contributed by atoms with E-state index in [4.69, 9.17) is 21.1 Å². The molecule has 0 aromatic heterocycles. The minimum atomic E-state index is 0.300. The standard InChI is InChI=1S/C32H46ClN3O2/c1-7-8-12-28-15-16-29(23-32(28)34(6)24-38-27(5)25(2)3)37-22-10-9-17-35-18-20-36(21-19-35)31-14-11-13-30(33)26(31)4/h7,11,13-16,23,25H,1,5,8-10,12,17-22,24H2,2-4,6H3. The van der Waals surface area contributed by atoms with E-state index < -0.39 is 0 Å². The fraction of sp³-hybridized carbons (Fsp3) is 0.500. The van der Waals surface area contributed by atoms with E-state index >= 15 is 0 Å². The molecule has 1 aliphatic heterocycles. The highest BCUT2D eigenvalue weighted by Crippen LogP contribution is 2.29. The molecule has 2 aromatic rings. The van der Waals surface area contributed by atoms with Crippen molar-refractivity contribution >= 4 is 23.0 Å². The first-order valence-corrected chi connectivity index (χ1v) is 14.3. The molecule has 6 heteroatoms. The Balaban J connectivity index is 1.44. The summed E-state index contributed by atoms with van der Waals surface area (Å²) in [6.45, 7) is 20.7. The van der Waals surface area contributed by atoms with Gasteiger partial charge >= 0.3 is 0 Å². The van der Waals surface area contributed by atoms with Crippen LogP contribution in [-0.2, 0) is 11.2 Å². The van der Waals surface area contributed by atoms with E-state index in [1.54, 1.807) is 0 Å². The van der Waals surface area contributed by atoms with E-state index in [-0.39, 0.29) is 0 Å². The summed E-state index contributed by atoms with van der Waals surface area (Å²) in [5.41, 5.74) is 4.85. The number of halogens is 1. The second-order valence-electron chi connectivity index (χ2n) is 10.5. The van der Waals surface area contributed by atoms with Crippen molar-refractivity contribution in [3.8, 4) is 5.75 Å². The predicted molar refractivity (Wildman–Crippen MR) is 163 cm³/mol. The number of nitrogens with zero attached hydrogens (tertiary/aromatic N) is 3. The smallest absolute Gasteiger partial charge is 0.160 e. The summed E-state index contributed by atoms with van der Waals surface area (Å²) in [4.78, 5) is 7.14. The Morgan fingerprint density at radius 1 is 1.13 bits per heavy atom. The van der Waals surface area contributed by atoms with Gasteiger partial charge in [-0.1, -0.05) is 50.2 Å². The number of unbranched alkanes of at least 4 members (excludes halogenated alkanes) is 1. The van der Waals surface area contributed by atoms with Gasteiger partial charge in [-0.25, -0.2) is 0 Å². The predicted octanol–water partition coefficient (Wildman–Crippen LogP) is 7.33. The Kier molecular flexibility index (Phi) is 11.9. The average Bonchev–Trinajstić information content (AvgIpc) is 2.92. The minimum absolute atomic E-state index is 0.300. The maximum atomic E-state index is 6.33. The molecule has 2 aromatic carbocycles. The van der Waals surface area contributed by atoms with Gasteiger partial charge in [0.05, 0.1) is 12.4 Å². The molecule has 0 amide bonds. The molecule has 0 saturated carbocycles. The Labute approximate surface area is 235 Å². The SMILES string of the molecule is C=CCCc1ccc(OCCCCN2CCN(c3cccc(Cl)c3C)CC2)cc1N(C)COC(=C)C(C)C. The fourth-order valence-corrected chi connectivity index (χ4v) is 4.82. The first-order valence-electron chi connectivity index (χ1n) is 13.9. The molecule has 1 saturated heterocycles. The molecule has 0 bridgehead atoms. The summed E-state index contributed by atoms with van der Waals surface area (Å²) < 4.78 is 12.1. The van der Waals surface area contributed by atoms with Crippen LogP contribution in [0.4, 0.5) is 11.4 Å². The number of ether oxygens (including phenoxy) is 2. The second kappa shape index (κ2) is 15.1. The topological polar surface area (TPSA) is 28.2 Å². The lowest BCUT2D eigenvalue weighted by molar-refractivity contribution is 0.189. The summed E-state index contributed by atoms with van der Waals surface area (Å²) >= 11 is 6.33. The van der Waals surface area contributed by atoms with Gasteiger partial charge in [-0.2, -0.15) is 0 Å². The van der Waals surface area contributed by atoms with E-state index in [1.807, 2.05) is 18.2 Å². The molecule has 0 N–H and O–H groups in total. The van der Waals surface area contributed by atoms with E-state index in [9.17, 15) is 0 Å². The zero-order valence-electron chi connectivity index (χ0n) is 23.8. The van der Waals surface area contributed by atoms with Crippen LogP contribution in [0.25, 0.3) is 0 Å². The summed E-state index contributed by atoms with van der Waals surface area (Å²) in [6, 6.07) is 12.6. The molecular weight excluding hydrogens is 494 g/mol. The van der Waals surface area contributed by atoms with Gasteiger partial charge in [0.1, 0.15) is 5.75 Å². The van der Waals surface area contributed by atoms with Crippen LogP contribution in [0.2, 0.25) is 5.02 Å². The van der Waals surface area contributed by atoms with Crippen molar-refractivity contribution in [2.75, 3.05) is 62.9 Å². The van der Waals surface area contributed by atoms with Crippen molar-refractivity contribution in [2.45, 2.75) is 46.5 Å². The number of hydrogen-bond acceptors (Lipinski definition) is 5.